The van der Waals surface area contributed by atoms with Gasteiger partial charge in [0, 0.05) is 18.5 Å². The van der Waals surface area contributed by atoms with Gasteiger partial charge in [-0.15, -0.1) is 0 Å². The summed E-state index contributed by atoms with van der Waals surface area (Å²) in [6.45, 7) is 4.18. The van der Waals surface area contributed by atoms with E-state index in [1.54, 1.807) is 0 Å². The maximum Gasteiger partial charge on any atom is 0.326 e. The van der Waals surface area contributed by atoms with E-state index in [1.807, 2.05) is 13.8 Å². The van der Waals surface area contributed by atoms with E-state index in [4.69, 9.17) is 0 Å². The number of carboxylic acids is 1. The number of rotatable bonds is 5. The summed E-state index contributed by atoms with van der Waals surface area (Å²) in [6.07, 6.45) is 2.99. The second-order valence-corrected chi connectivity index (χ2v) is 7.94. The molecule has 3 rings (SSSR count). The second-order valence-electron chi connectivity index (χ2n) is 7.94. The van der Waals surface area contributed by atoms with Crippen LogP contribution < -0.4 is 5.32 Å². The third-order valence-electron chi connectivity index (χ3n) is 5.49. The summed E-state index contributed by atoms with van der Waals surface area (Å²) in [7, 11) is 0. The molecule has 1 saturated heterocycles. The molecule has 2 amide bonds. The molecule has 0 bridgehead atoms. The zero-order valence-corrected chi connectivity index (χ0v) is 15.6. The fraction of sp³-hybridized carbons (Fsp3) is 0.550. The number of fused-ring (bicyclic) bond motifs is 1. The van der Waals surface area contributed by atoms with E-state index < -0.39 is 23.7 Å². The van der Waals surface area contributed by atoms with Crippen molar-refractivity contribution >= 4 is 23.5 Å². The Labute approximate surface area is 157 Å². The molecule has 2 N–H and O–H groups in total. The van der Waals surface area contributed by atoms with Gasteiger partial charge in [-0.25, -0.2) is 9.18 Å². The molecule has 27 heavy (non-hydrogen) atoms. The summed E-state index contributed by atoms with van der Waals surface area (Å²) in [6, 6.07) is 3.01. The Bertz CT molecular complexity index is 764. The number of hydrogen-bond donors (Lipinski definition) is 2. The first kappa shape index (κ1) is 19.3. The highest BCUT2D eigenvalue weighted by Gasteiger charge is 2.49. The number of amides is 2. The number of aliphatic carboxylic acids is 1. The van der Waals surface area contributed by atoms with Gasteiger partial charge in [-0.05, 0) is 48.8 Å². The fourth-order valence-corrected chi connectivity index (χ4v) is 4.32. The number of likely N-dealkylation sites (tertiary alicyclic amines) is 1. The van der Waals surface area contributed by atoms with Crippen molar-refractivity contribution in [2.75, 3.05) is 11.9 Å². The standard InChI is InChI=1S/C20H25FN2O4/c1-11(2)8-17(24)22-16-7-6-12(9-15(16)21)19(25)23-10-13-4-3-5-14(13)18(23)20(26)27/h6-7,9,11,13-14,18H,3-5,8,10H2,1-2H3,(H,22,24)(H,26,27)/t13-,14+,18+/m0/s1. The number of hydrogen-bond acceptors (Lipinski definition) is 3. The van der Waals surface area contributed by atoms with Crippen molar-refractivity contribution < 1.29 is 23.9 Å². The van der Waals surface area contributed by atoms with E-state index in [0.29, 0.717) is 6.54 Å². The molecule has 1 aromatic rings. The molecular weight excluding hydrogens is 351 g/mol. The Kier molecular flexibility index (Phi) is 5.48. The normalized spacial score (nSPS) is 24.1. The topological polar surface area (TPSA) is 86.7 Å². The smallest absolute Gasteiger partial charge is 0.326 e. The van der Waals surface area contributed by atoms with Crippen LogP contribution >= 0.6 is 0 Å². The molecule has 1 aliphatic heterocycles. The van der Waals surface area contributed by atoms with Gasteiger partial charge in [-0.2, -0.15) is 0 Å². The number of carbonyl (C=O) groups is 3. The Morgan fingerprint density at radius 2 is 2.04 bits per heavy atom. The Hall–Kier alpha value is -2.44. The van der Waals surface area contributed by atoms with Gasteiger partial charge in [0.05, 0.1) is 5.69 Å². The number of nitrogens with one attached hydrogen (secondary N) is 1. The van der Waals surface area contributed by atoms with Gasteiger partial charge in [-0.3, -0.25) is 9.59 Å². The molecule has 6 nitrogen and oxygen atoms in total. The molecule has 0 spiro atoms. The van der Waals surface area contributed by atoms with Crippen molar-refractivity contribution in [2.45, 2.75) is 45.6 Å². The zero-order chi connectivity index (χ0) is 19.7. The molecule has 146 valence electrons. The number of carbonyl (C=O) groups excluding carboxylic acids is 2. The summed E-state index contributed by atoms with van der Waals surface area (Å²) in [5.41, 5.74) is 0.117. The first-order valence-electron chi connectivity index (χ1n) is 9.41. The summed E-state index contributed by atoms with van der Waals surface area (Å²) >= 11 is 0. The van der Waals surface area contributed by atoms with E-state index in [1.165, 1.54) is 17.0 Å². The monoisotopic (exact) mass is 376 g/mol. The van der Waals surface area contributed by atoms with E-state index in [2.05, 4.69) is 5.32 Å². The van der Waals surface area contributed by atoms with Gasteiger partial charge in [-0.1, -0.05) is 20.3 Å². The maximum atomic E-state index is 14.4. The minimum absolute atomic E-state index is 0.0188. The highest BCUT2D eigenvalue weighted by molar-refractivity contribution is 5.98. The van der Waals surface area contributed by atoms with Crippen molar-refractivity contribution in [2.24, 2.45) is 17.8 Å². The highest BCUT2D eigenvalue weighted by Crippen LogP contribution is 2.42. The minimum atomic E-state index is -1.00. The molecule has 2 fully saturated rings. The summed E-state index contributed by atoms with van der Waals surface area (Å²) in [4.78, 5) is 37.7. The first-order valence-corrected chi connectivity index (χ1v) is 9.41. The molecule has 0 radical (unpaired) electrons. The Morgan fingerprint density at radius 3 is 2.67 bits per heavy atom. The predicted octanol–water partition coefficient (Wildman–Crippen LogP) is 3.14. The first-order chi connectivity index (χ1) is 12.8. The number of benzene rings is 1. The lowest BCUT2D eigenvalue weighted by molar-refractivity contribution is -0.142. The van der Waals surface area contributed by atoms with Crippen LogP contribution in [-0.2, 0) is 9.59 Å². The van der Waals surface area contributed by atoms with E-state index in [0.717, 1.165) is 25.3 Å². The molecular formula is C20H25FN2O4. The Morgan fingerprint density at radius 1 is 1.30 bits per heavy atom. The number of nitrogens with zero attached hydrogens (tertiary/aromatic N) is 1. The van der Waals surface area contributed by atoms with Crippen LogP contribution in [0.4, 0.5) is 10.1 Å². The van der Waals surface area contributed by atoms with Crippen LogP contribution in [0.3, 0.4) is 0 Å². The molecule has 3 atom stereocenters. The van der Waals surface area contributed by atoms with Crippen molar-refractivity contribution in [1.82, 2.24) is 4.90 Å². The van der Waals surface area contributed by atoms with Crippen LogP contribution in [0.1, 0.15) is 49.9 Å². The molecule has 1 aromatic carbocycles. The highest BCUT2D eigenvalue weighted by atomic mass is 19.1. The van der Waals surface area contributed by atoms with Crippen molar-refractivity contribution in [1.29, 1.82) is 0 Å². The van der Waals surface area contributed by atoms with Gasteiger partial charge in [0.2, 0.25) is 5.91 Å². The third kappa shape index (κ3) is 3.96. The number of anilines is 1. The molecule has 1 aliphatic carbocycles. The van der Waals surface area contributed by atoms with Crippen LogP contribution in [-0.4, -0.2) is 40.4 Å². The molecule has 0 unspecified atom stereocenters. The maximum absolute atomic E-state index is 14.4. The lowest BCUT2D eigenvalue weighted by Crippen LogP contribution is -2.43. The lowest BCUT2D eigenvalue weighted by atomic mass is 9.94. The third-order valence-corrected chi connectivity index (χ3v) is 5.49. The van der Waals surface area contributed by atoms with Crippen LogP contribution in [0.15, 0.2) is 18.2 Å². The average Bonchev–Trinajstić information content (AvgIpc) is 3.15. The van der Waals surface area contributed by atoms with Gasteiger partial charge < -0.3 is 15.3 Å². The van der Waals surface area contributed by atoms with Crippen LogP contribution in [0.5, 0.6) is 0 Å². The fourth-order valence-electron chi connectivity index (χ4n) is 4.32. The average molecular weight is 376 g/mol. The summed E-state index contributed by atoms with van der Waals surface area (Å²) in [5.74, 6) is -2.14. The van der Waals surface area contributed by atoms with Crippen molar-refractivity contribution in [3.05, 3.63) is 29.6 Å². The summed E-state index contributed by atoms with van der Waals surface area (Å²) in [5, 5.41) is 12.1. The van der Waals surface area contributed by atoms with E-state index >= 15 is 0 Å². The number of carboxylic acid groups (broad SMARTS) is 1. The molecule has 1 saturated carbocycles. The molecule has 7 heteroatoms. The SMILES string of the molecule is CC(C)CC(=O)Nc1ccc(C(=O)N2C[C@@H]3CCC[C@H]3[C@@H]2C(=O)O)cc1F. The van der Waals surface area contributed by atoms with E-state index in [9.17, 15) is 23.9 Å². The Balaban J connectivity index is 1.76. The largest absolute Gasteiger partial charge is 0.480 e. The molecule has 1 heterocycles. The van der Waals surface area contributed by atoms with Gasteiger partial charge in [0.1, 0.15) is 11.9 Å². The van der Waals surface area contributed by atoms with Crippen molar-refractivity contribution in [3.8, 4) is 0 Å². The van der Waals surface area contributed by atoms with Crippen LogP contribution in [0, 0.1) is 23.6 Å². The van der Waals surface area contributed by atoms with Crippen LogP contribution in [0.25, 0.3) is 0 Å². The summed E-state index contributed by atoms with van der Waals surface area (Å²) < 4.78 is 14.4. The molecule has 0 aromatic heterocycles. The quantitative estimate of drug-likeness (QED) is 0.827. The predicted molar refractivity (Wildman–Crippen MR) is 97.8 cm³/mol. The van der Waals surface area contributed by atoms with Gasteiger partial charge in [0.25, 0.3) is 5.91 Å². The van der Waals surface area contributed by atoms with E-state index in [-0.39, 0.29) is 41.3 Å². The molecule has 2 aliphatic rings. The lowest BCUT2D eigenvalue weighted by Gasteiger charge is -2.24. The zero-order valence-electron chi connectivity index (χ0n) is 15.6. The van der Waals surface area contributed by atoms with Crippen molar-refractivity contribution in [3.63, 3.8) is 0 Å². The van der Waals surface area contributed by atoms with Gasteiger partial charge >= 0.3 is 5.97 Å². The minimum Gasteiger partial charge on any atom is -0.480 e. The number of halogens is 1. The van der Waals surface area contributed by atoms with Crippen LogP contribution in [0.2, 0.25) is 0 Å². The van der Waals surface area contributed by atoms with Gasteiger partial charge in [0.15, 0.2) is 0 Å². The second kappa shape index (κ2) is 7.66.